The summed E-state index contributed by atoms with van der Waals surface area (Å²) >= 11 is 0. The molecule has 0 amide bonds. The standard InChI is InChI=1S/C12H18N2O4/c1-8(13)12-6-14(2-3-17-12)5-9-4-10(15)11(16)7-18-9/h4,7-8,12,16H,2-3,5-6,13H2,1H3. The molecule has 6 heteroatoms. The Kier molecular flexibility index (Phi) is 4.00. The predicted molar refractivity (Wildman–Crippen MR) is 65.3 cm³/mol. The lowest BCUT2D eigenvalue weighted by atomic mass is 10.1. The van der Waals surface area contributed by atoms with E-state index in [0.29, 0.717) is 25.5 Å². The number of rotatable bonds is 3. The van der Waals surface area contributed by atoms with Gasteiger partial charge in [-0.3, -0.25) is 9.69 Å². The number of hydrogen-bond acceptors (Lipinski definition) is 6. The Balaban J connectivity index is 2.00. The first-order valence-electron chi connectivity index (χ1n) is 5.96. The van der Waals surface area contributed by atoms with Gasteiger partial charge in [-0.05, 0) is 6.92 Å². The van der Waals surface area contributed by atoms with Crippen LogP contribution in [0.4, 0.5) is 0 Å². The van der Waals surface area contributed by atoms with Gasteiger partial charge in [0, 0.05) is 25.2 Å². The maximum Gasteiger partial charge on any atom is 0.226 e. The first kappa shape index (κ1) is 13.1. The second-order valence-electron chi connectivity index (χ2n) is 4.60. The Labute approximate surface area is 105 Å². The minimum absolute atomic E-state index is 0.00240. The highest BCUT2D eigenvalue weighted by molar-refractivity contribution is 5.15. The maximum atomic E-state index is 11.3. The van der Waals surface area contributed by atoms with Gasteiger partial charge in [0.2, 0.25) is 5.43 Å². The molecule has 1 saturated heterocycles. The van der Waals surface area contributed by atoms with Crippen LogP contribution >= 0.6 is 0 Å². The van der Waals surface area contributed by atoms with Crippen LogP contribution in [0.2, 0.25) is 0 Å². The molecular formula is C12H18N2O4. The van der Waals surface area contributed by atoms with Crippen molar-refractivity contribution in [3.05, 3.63) is 28.3 Å². The van der Waals surface area contributed by atoms with E-state index in [0.717, 1.165) is 12.8 Å². The van der Waals surface area contributed by atoms with Crippen LogP contribution in [0.3, 0.4) is 0 Å². The fourth-order valence-corrected chi connectivity index (χ4v) is 1.94. The lowest BCUT2D eigenvalue weighted by Crippen LogP contribution is -2.49. The number of aromatic hydroxyl groups is 1. The molecule has 6 nitrogen and oxygen atoms in total. The highest BCUT2D eigenvalue weighted by atomic mass is 16.5. The third-order valence-electron chi connectivity index (χ3n) is 3.01. The van der Waals surface area contributed by atoms with Gasteiger partial charge in [-0.15, -0.1) is 0 Å². The lowest BCUT2D eigenvalue weighted by molar-refractivity contribution is -0.0421. The van der Waals surface area contributed by atoms with Gasteiger partial charge in [-0.25, -0.2) is 0 Å². The average Bonchev–Trinajstić information content (AvgIpc) is 2.34. The molecule has 1 aromatic rings. The quantitative estimate of drug-likeness (QED) is 0.782. The van der Waals surface area contributed by atoms with Gasteiger partial charge in [0.25, 0.3) is 0 Å². The van der Waals surface area contributed by atoms with Crippen molar-refractivity contribution in [2.45, 2.75) is 25.6 Å². The molecule has 1 aliphatic rings. The van der Waals surface area contributed by atoms with Crippen LogP contribution < -0.4 is 11.2 Å². The zero-order chi connectivity index (χ0) is 13.1. The van der Waals surface area contributed by atoms with Crippen molar-refractivity contribution in [3.63, 3.8) is 0 Å². The summed E-state index contributed by atoms with van der Waals surface area (Å²) in [7, 11) is 0. The number of nitrogens with zero attached hydrogens (tertiary/aromatic N) is 1. The van der Waals surface area contributed by atoms with E-state index < -0.39 is 5.43 Å². The van der Waals surface area contributed by atoms with Gasteiger partial charge < -0.3 is 20.0 Å². The maximum absolute atomic E-state index is 11.3. The minimum Gasteiger partial charge on any atom is -0.502 e. The first-order chi connectivity index (χ1) is 8.56. The predicted octanol–water partition coefficient (Wildman–Crippen LogP) is -0.107. The van der Waals surface area contributed by atoms with Gasteiger partial charge in [0.1, 0.15) is 12.0 Å². The molecule has 100 valence electrons. The van der Waals surface area contributed by atoms with E-state index in [1.807, 2.05) is 6.92 Å². The normalized spacial score (nSPS) is 22.9. The molecule has 0 aliphatic carbocycles. The van der Waals surface area contributed by atoms with E-state index >= 15 is 0 Å². The van der Waals surface area contributed by atoms with Gasteiger partial charge in [-0.1, -0.05) is 0 Å². The SMILES string of the molecule is CC(N)C1CN(Cc2cc(=O)c(O)co2)CCO1. The smallest absolute Gasteiger partial charge is 0.226 e. The lowest BCUT2D eigenvalue weighted by Gasteiger charge is -2.34. The van der Waals surface area contributed by atoms with Crippen molar-refractivity contribution in [3.8, 4) is 5.75 Å². The Morgan fingerprint density at radius 3 is 3.11 bits per heavy atom. The molecule has 0 saturated carbocycles. The summed E-state index contributed by atoms with van der Waals surface area (Å²) in [5.41, 5.74) is 5.39. The molecule has 2 rings (SSSR count). The zero-order valence-corrected chi connectivity index (χ0v) is 10.3. The molecule has 3 N–H and O–H groups in total. The second-order valence-corrected chi connectivity index (χ2v) is 4.60. The molecule has 1 fully saturated rings. The summed E-state index contributed by atoms with van der Waals surface area (Å²) < 4.78 is 10.7. The van der Waals surface area contributed by atoms with Crippen molar-refractivity contribution < 1.29 is 14.3 Å². The first-order valence-corrected chi connectivity index (χ1v) is 5.96. The molecule has 18 heavy (non-hydrogen) atoms. The molecule has 1 aliphatic heterocycles. The van der Waals surface area contributed by atoms with Gasteiger partial charge >= 0.3 is 0 Å². The third kappa shape index (κ3) is 3.10. The van der Waals surface area contributed by atoms with Crippen molar-refractivity contribution in [2.75, 3.05) is 19.7 Å². The number of nitrogens with two attached hydrogens (primary N) is 1. The van der Waals surface area contributed by atoms with Gasteiger partial charge in [0.05, 0.1) is 19.3 Å². The van der Waals surface area contributed by atoms with Crippen molar-refractivity contribution in [2.24, 2.45) is 5.73 Å². The molecule has 0 spiro atoms. The summed E-state index contributed by atoms with van der Waals surface area (Å²) in [6.45, 7) is 4.53. The van der Waals surface area contributed by atoms with Crippen LogP contribution in [0.1, 0.15) is 12.7 Å². The molecule has 0 bridgehead atoms. The van der Waals surface area contributed by atoms with Crippen LogP contribution in [-0.2, 0) is 11.3 Å². The summed E-state index contributed by atoms with van der Waals surface area (Å²) in [5, 5.41) is 9.11. The number of morpholine rings is 1. The molecule has 0 aromatic carbocycles. The van der Waals surface area contributed by atoms with Crippen LogP contribution in [-0.4, -0.2) is 41.8 Å². The van der Waals surface area contributed by atoms with Crippen LogP contribution in [0.25, 0.3) is 0 Å². The van der Waals surface area contributed by atoms with Crippen LogP contribution in [0.15, 0.2) is 21.5 Å². The van der Waals surface area contributed by atoms with E-state index in [4.69, 9.17) is 20.0 Å². The Bertz CT molecular complexity index is 458. The van der Waals surface area contributed by atoms with E-state index in [-0.39, 0.29) is 17.9 Å². The topological polar surface area (TPSA) is 88.9 Å². The van der Waals surface area contributed by atoms with E-state index in [9.17, 15) is 4.79 Å². The fraction of sp³-hybridized carbons (Fsp3) is 0.583. The molecule has 2 atom stereocenters. The van der Waals surface area contributed by atoms with Gasteiger partial charge in [-0.2, -0.15) is 0 Å². The highest BCUT2D eigenvalue weighted by Gasteiger charge is 2.23. The zero-order valence-electron chi connectivity index (χ0n) is 10.3. The highest BCUT2D eigenvalue weighted by Crippen LogP contribution is 2.12. The summed E-state index contributed by atoms with van der Waals surface area (Å²) in [6, 6.07) is 1.28. The van der Waals surface area contributed by atoms with Crippen molar-refractivity contribution in [1.29, 1.82) is 0 Å². The molecule has 1 aromatic heterocycles. The molecule has 0 radical (unpaired) electrons. The minimum atomic E-state index is -0.423. The van der Waals surface area contributed by atoms with Crippen LogP contribution in [0.5, 0.6) is 5.75 Å². The number of hydrogen-bond donors (Lipinski definition) is 2. The van der Waals surface area contributed by atoms with E-state index in [1.54, 1.807) is 0 Å². The third-order valence-corrected chi connectivity index (χ3v) is 3.01. The Morgan fingerprint density at radius 1 is 1.67 bits per heavy atom. The summed E-state index contributed by atoms with van der Waals surface area (Å²) in [4.78, 5) is 13.4. The average molecular weight is 254 g/mol. The summed E-state index contributed by atoms with van der Waals surface area (Å²) in [5.74, 6) is 0.164. The molecular weight excluding hydrogens is 236 g/mol. The van der Waals surface area contributed by atoms with Gasteiger partial charge in [0.15, 0.2) is 5.75 Å². The molecule has 2 heterocycles. The van der Waals surface area contributed by atoms with Crippen molar-refractivity contribution >= 4 is 0 Å². The van der Waals surface area contributed by atoms with Crippen LogP contribution in [0, 0.1) is 0 Å². The van der Waals surface area contributed by atoms with E-state index in [1.165, 1.54) is 6.07 Å². The van der Waals surface area contributed by atoms with Crippen molar-refractivity contribution in [1.82, 2.24) is 4.90 Å². The second kappa shape index (κ2) is 5.51. The Hall–Kier alpha value is -1.37. The Morgan fingerprint density at radius 2 is 2.44 bits per heavy atom. The largest absolute Gasteiger partial charge is 0.502 e. The summed E-state index contributed by atoms with van der Waals surface area (Å²) in [6.07, 6.45) is 1.07. The monoisotopic (exact) mass is 254 g/mol. The fourth-order valence-electron chi connectivity index (χ4n) is 1.94. The molecule has 2 unspecified atom stereocenters. The number of ether oxygens (including phenoxy) is 1. The van der Waals surface area contributed by atoms with E-state index in [2.05, 4.69) is 4.90 Å².